The molecule has 0 unspecified atom stereocenters. The first-order valence-corrected chi connectivity index (χ1v) is 9.15. The van der Waals surface area contributed by atoms with Crippen molar-refractivity contribution < 1.29 is 9.84 Å². The van der Waals surface area contributed by atoms with Crippen LogP contribution in [-0.4, -0.2) is 55.4 Å². The number of benzene rings is 2. The third-order valence-electron chi connectivity index (χ3n) is 4.28. The standard InChI is InChI=1S/C19H22Cl2N2O2/c20-15-4-3-5-16(12-15)23-10-8-22(9-11-23)13-17(24)14-25-19-7-2-1-6-18(19)21/h1-7,12,17,24H,8-11,13-14H2/t17-/m0/s1. The highest BCUT2D eigenvalue weighted by molar-refractivity contribution is 6.32. The normalized spacial score (nSPS) is 16.7. The van der Waals surface area contributed by atoms with Crippen LogP contribution in [0.25, 0.3) is 0 Å². The van der Waals surface area contributed by atoms with Crippen LogP contribution in [-0.2, 0) is 0 Å². The van der Waals surface area contributed by atoms with Gasteiger partial charge in [-0.1, -0.05) is 41.4 Å². The van der Waals surface area contributed by atoms with E-state index in [-0.39, 0.29) is 6.61 Å². The Kier molecular flexibility index (Phi) is 6.43. The molecule has 1 atom stereocenters. The van der Waals surface area contributed by atoms with Crippen LogP contribution in [0.15, 0.2) is 48.5 Å². The molecule has 1 N–H and O–H groups in total. The van der Waals surface area contributed by atoms with E-state index < -0.39 is 6.10 Å². The second kappa shape index (κ2) is 8.77. The first-order valence-electron chi connectivity index (χ1n) is 8.40. The van der Waals surface area contributed by atoms with Gasteiger partial charge in [0, 0.05) is 43.4 Å². The number of β-amino-alcohol motifs (C(OH)–C–C–N with tert-alkyl or cyclic N) is 1. The molecule has 0 spiro atoms. The van der Waals surface area contributed by atoms with Gasteiger partial charge in [-0.25, -0.2) is 0 Å². The van der Waals surface area contributed by atoms with Gasteiger partial charge >= 0.3 is 0 Å². The van der Waals surface area contributed by atoms with Gasteiger partial charge in [-0.3, -0.25) is 4.90 Å². The average molecular weight is 381 g/mol. The fraction of sp³-hybridized carbons (Fsp3) is 0.368. The summed E-state index contributed by atoms with van der Waals surface area (Å²) in [5, 5.41) is 11.5. The van der Waals surface area contributed by atoms with E-state index in [9.17, 15) is 5.11 Å². The highest BCUT2D eigenvalue weighted by Crippen LogP contribution is 2.23. The van der Waals surface area contributed by atoms with Gasteiger partial charge < -0.3 is 14.7 Å². The van der Waals surface area contributed by atoms with Crippen molar-refractivity contribution in [3.05, 3.63) is 58.6 Å². The van der Waals surface area contributed by atoms with Crippen LogP contribution in [0.3, 0.4) is 0 Å². The summed E-state index contributed by atoms with van der Waals surface area (Å²) in [6, 6.07) is 15.2. The molecule has 1 aliphatic heterocycles. The number of piperazine rings is 1. The third kappa shape index (κ3) is 5.25. The van der Waals surface area contributed by atoms with Gasteiger partial charge in [0.25, 0.3) is 0 Å². The average Bonchev–Trinajstić information content (AvgIpc) is 2.62. The zero-order chi connectivity index (χ0) is 17.6. The Bertz CT molecular complexity index is 691. The van der Waals surface area contributed by atoms with Gasteiger partial charge in [-0.2, -0.15) is 0 Å². The lowest BCUT2D eigenvalue weighted by molar-refractivity contribution is 0.0663. The zero-order valence-electron chi connectivity index (χ0n) is 13.9. The molecule has 1 fully saturated rings. The van der Waals surface area contributed by atoms with Crippen molar-refractivity contribution >= 4 is 28.9 Å². The summed E-state index contributed by atoms with van der Waals surface area (Å²) in [7, 11) is 0. The Hall–Kier alpha value is -1.46. The number of hydrogen-bond acceptors (Lipinski definition) is 4. The maximum Gasteiger partial charge on any atom is 0.138 e. The fourth-order valence-corrected chi connectivity index (χ4v) is 3.33. The van der Waals surface area contributed by atoms with E-state index in [2.05, 4.69) is 15.9 Å². The summed E-state index contributed by atoms with van der Waals surface area (Å²) in [6.07, 6.45) is -0.547. The number of rotatable bonds is 6. The van der Waals surface area contributed by atoms with Gasteiger partial charge in [0.05, 0.1) is 5.02 Å². The number of nitrogens with zero attached hydrogens (tertiary/aromatic N) is 2. The smallest absolute Gasteiger partial charge is 0.138 e. The largest absolute Gasteiger partial charge is 0.489 e. The van der Waals surface area contributed by atoms with E-state index in [4.69, 9.17) is 27.9 Å². The molecule has 0 aliphatic carbocycles. The second-order valence-electron chi connectivity index (χ2n) is 6.16. The molecule has 1 heterocycles. The van der Waals surface area contributed by atoms with Gasteiger partial charge in [-0.05, 0) is 30.3 Å². The predicted octanol–water partition coefficient (Wildman–Crippen LogP) is 3.56. The second-order valence-corrected chi connectivity index (χ2v) is 7.01. The van der Waals surface area contributed by atoms with E-state index in [1.54, 1.807) is 12.1 Å². The number of ether oxygens (including phenoxy) is 1. The van der Waals surface area contributed by atoms with Crippen molar-refractivity contribution in [1.29, 1.82) is 0 Å². The Labute approximate surface area is 158 Å². The van der Waals surface area contributed by atoms with Gasteiger partial charge in [0.15, 0.2) is 0 Å². The molecule has 2 aromatic carbocycles. The number of para-hydroxylation sites is 1. The molecule has 0 radical (unpaired) electrons. The van der Waals surface area contributed by atoms with Crippen LogP contribution in [0.2, 0.25) is 10.0 Å². The molecule has 3 rings (SSSR count). The van der Waals surface area contributed by atoms with E-state index in [1.165, 1.54) is 0 Å². The van der Waals surface area contributed by atoms with E-state index in [1.807, 2.05) is 30.3 Å². The monoisotopic (exact) mass is 380 g/mol. The van der Waals surface area contributed by atoms with Crippen LogP contribution < -0.4 is 9.64 Å². The quantitative estimate of drug-likeness (QED) is 0.830. The number of hydrogen-bond donors (Lipinski definition) is 1. The first-order chi connectivity index (χ1) is 12.1. The van der Waals surface area contributed by atoms with Gasteiger partial charge in [0.2, 0.25) is 0 Å². The van der Waals surface area contributed by atoms with E-state index >= 15 is 0 Å². The number of halogens is 2. The summed E-state index contributed by atoms with van der Waals surface area (Å²) >= 11 is 12.1. The van der Waals surface area contributed by atoms with Crippen molar-refractivity contribution in [3.63, 3.8) is 0 Å². The van der Waals surface area contributed by atoms with E-state index in [0.717, 1.165) is 36.9 Å². The van der Waals surface area contributed by atoms with Crippen LogP contribution >= 0.6 is 23.2 Å². The lowest BCUT2D eigenvalue weighted by Crippen LogP contribution is -2.49. The molecule has 2 aromatic rings. The van der Waals surface area contributed by atoms with Crippen molar-refractivity contribution in [2.75, 3.05) is 44.2 Å². The summed E-state index contributed by atoms with van der Waals surface area (Å²) in [6.45, 7) is 4.45. The van der Waals surface area contributed by atoms with Crippen LogP contribution in [0.4, 0.5) is 5.69 Å². The van der Waals surface area contributed by atoms with Crippen molar-refractivity contribution in [3.8, 4) is 5.75 Å². The molecule has 0 saturated carbocycles. The van der Waals surface area contributed by atoms with Gasteiger partial charge in [0.1, 0.15) is 18.5 Å². The molecule has 1 saturated heterocycles. The summed E-state index contributed by atoms with van der Waals surface area (Å²) in [5.74, 6) is 0.606. The molecule has 25 heavy (non-hydrogen) atoms. The molecule has 0 amide bonds. The lowest BCUT2D eigenvalue weighted by atomic mass is 10.2. The van der Waals surface area contributed by atoms with Crippen LogP contribution in [0.5, 0.6) is 5.75 Å². The van der Waals surface area contributed by atoms with Crippen LogP contribution in [0.1, 0.15) is 0 Å². The molecule has 1 aliphatic rings. The van der Waals surface area contributed by atoms with Crippen molar-refractivity contribution in [2.45, 2.75) is 6.10 Å². The molecule has 134 valence electrons. The van der Waals surface area contributed by atoms with Gasteiger partial charge in [-0.15, -0.1) is 0 Å². The molecule has 4 nitrogen and oxygen atoms in total. The SMILES string of the molecule is O[C@H](COc1ccccc1Cl)CN1CCN(c2cccc(Cl)c2)CC1. The summed E-state index contributed by atoms with van der Waals surface area (Å²) in [5.41, 5.74) is 1.15. The fourth-order valence-electron chi connectivity index (χ4n) is 2.96. The summed E-state index contributed by atoms with van der Waals surface area (Å²) < 4.78 is 5.61. The minimum atomic E-state index is -0.547. The topological polar surface area (TPSA) is 35.9 Å². The molecular formula is C19H22Cl2N2O2. The van der Waals surface area contributed by atoms with Crippen molar-refractivity contribution in [2.24, 2.45) is 0 Å². The zero-order valence-corrected chi connectivity index (χ0v) is 15.5. The molecule has 0 aromatic heterocycles. The Morgan fingerprint density at radius 3 is 2.48 bits per heavy atom. The molecular weight excluding hydrogens is 359 g/mol. The number of aliphatic hydroxyl groups excluding tert-OH is 1. The minimum absolute atomic E-state index is 0.234. The number of anilines is 1. The molecule has 6 heteroatoms. The highest BCUT2D eigenvalue weighted by Gasteiger charge is 2.20. The van der Waals surface area contributed by atoms with E-state index in [0.29, 0.717) is 17.3 Å². The Morgan fingerprint density at radius 2 is 1.76 bits per heavy atom. The molecule has 0 bridgehead atoms. The minimum Gasteiger partial charge on any atom is -0.489 e. The summed E-state index contributed by atoms with van der Waals surface area (Å²) in [4.78, 5) is 4.57. The Balaban J connectivity index is 1.43. The first kappa shape index (κ1) is 18.3. The predicted molar refractivity (Wildman–Crippen MR) is 103 cm³/mol. The maximum atomic E-state index is 10.2. The third-order valence-corrected chi connectivity index (χ3v) is 4.83. The Morgan fingerprint density at radius 1 is 1.00 bits per heavy atom. The maximum absolute atomic E-state index is 10.2. The highest BCUT2D eigenvalue weighted by atomic mass is 35.5. The number of aliphatic hydroxyl groups is 1. The lowest BCUT2D eigenvalue weighted by Gasteiger charge is -2.36. The van der Waals surface area contributed by atoms with Crippen LogP contribution in [0, 0.1) is 0 Å². The van der Waals surface area contributed by atoms with Crippen molar-refractivity contribution in [1.82, 2.24) is 4.90 Å².